The zero-order valence-electron chi connectivity index (χ0n) is 4.14. The van der Waals surface area contributed by atoms with Gasteiger partial charge in [0, 0.05) is 6.20 Å². The van der Waals surface area contributed by atoms with Gasteiger partial charge in [-0.2, -0.15) is 5.06 Å². The Hall–Kier alpha value is -0.710. The largest absolute Gasteiger partial charge is 0.507 e. The Morgan fingerprint density at radius 2 is 2.11 bits per heavy atom. The topological polar surface area (TPSA) is 12.5 Å². The lowest BCUT2D eigenvalue weighted by atomic mass is 10.7. The maximum Gasteiger partial charge on any atom is 0.507 e. The molecule has 0 unspecified atom stereocenters. The van der Waals surface area contributed by atoms with Crippen LogP contribution >= 0.6 is 0 Å². The van der Waals surface area contributed by atoms with Crippen molar-refractivity contribution < 1.29 is 18.0 Å². The van der Waals surface area contributed by atoms with E-state index in [0.29, 0.717) is 0 Å². The van der Waals surface area contributed by atoms with E-state index in [2.05, 4.69) is 4.84 Å². The molecular weight excluding hydrogens is 135 g/mol. The second-order valence-corrected chi connectivity index (χ2v) is 1.32. The zero-order valence-corrected chi connectivity index (χ0v) is 4.14. The third-order valence-corrected chi connectivity index (χ3v) is 0.679. The van der Waals surface area contributed by atoms with Crippen molar-refractivity contribution in [1.82, 2.24) is 5.06 Å². The quantitative estimate of drug-likeness (QED) is 0.466. The minimum absolute atomic E-state index is 0.243. The standard InChI is InChI=1S/C4H2F3NO/c5-4(6,7)8-2-1-3-9-8/h1-2H. The molecule has 1 aliphatic rings. The van der Waals surface area contributed by atoms with E-state index in [-0.39, 0.29) is 5.06 Å². The van der Waals surface area contributed by atoms with E-state index < -0.39 is 6.30 Å². The molecular formula is C4H2F3NO. The number of hydroxylamine groups is 2. The summed E-state index contributed by atoms with van der Waals surface area (Å²) in [5.74, 6) is 0. The van der Waals surface area contributed by atoms with Crippen LogP contribution in [-0.2, 0) is 4.84 Å². The number of alkyl halides is 3. The van der Waals surface area contributed by atoms with E-state index in [9.17, 15) is 13.2 Å². The average Bonchev–Trinajstić information content (AvgIpc) is 2.08. The Labute approximate surface area is 49.5 Å². The van der Waals surface area contributed by atoms with Gasteiger partial charge >= 0.3 is 6.30 Å². The Bertz CT molecular complexity index is 130. The molecule has 0 saturated heterocycles. The van der Waals surface area contributed by atoms with Crippen LogP contribution in [0.5, 0.6) is 0 Å². The molecule has 0 N–H and O–H groups in total. The lowest BCUT2D eigenvalue weighted by molar-refractivity contribution is -0.328. The van der Waals surface area contributed by atoms with Crippen LogP contribution in [-0.4, -0.2) is 11.4 Å². The van der Waals surface area contributed by atoms with Crippen LogP contribution in [0.1, 0.15) is 0 Å². The molecule has 0 aromatic rings. The molecule has 0 spiro atoms. The normalized spacial score (nSPS) is 19.2. The lowest BCUT2D eigenvalue weighted by Crippen LogP contribution is -2.29. The summed E-state index contributed by atoms with van der Waals surface area (Å²) in [6.45, 7) is 1.90. The van der Waals surface area contributed by atoms with Gasteiger partial charge in [0.1, 0.15) is 0 Å². The fraction of sp³-hybridized carbons (Fsp3) is 0.250. The van der Waals surface area contributed by atoms with Crippen molar-refractivity contribution >= 4 is 0 Å². The van der Waals surface area contributed by atoms with Gasteiger partial charge < -0.3 is 0 Å². The molecule has 2 radical (unpaired) electrons. The predicted octanol–water partition coefficient (Wildman–Crippen LogP) is 1.31. The van der Waals surface area contributed by atoms with Crippen molar-refractivity contribution in [2.24, 2.45) is 0 Å². The molecule has 1 rings (SSSR count). The summed E-state index contributed by atoms with van der Waals surface area (Å²) in [4.78, 5) is 3.86. The van der Waals surface area contributed by atoms with E-state index in [1.54, 1.807) is 0 Å². The van der Waals surface area contributed by atoms with Gasteiger partial charge in [0.25, 0.3) is 0 Å². The molecule has 0 aromatic carbocycles. The van der Waals surface area contributed by atoms with Crippen molar-refractivity contribution in [3.8, 4) is 0 Å². The minimum Gasteiger partial charge on any atom is -0.248 e. The molecule has 5 heteroatoms. The molecule has 0 atom stereocenters. The van der Waals surface area contributed by atoms with Gasteiger partial charge in [-0.05, 0) is 6.08 Å². The summed E-state index contributed by atoms with van der Waals surface area (Å²) in [6, 6.07) is 0. The number of rotatable bonds is 0. The number of nitrogens with zero attached hydrogens (tertiary/aromatic N) is 1. The third-order valence-electron chi connectivity index (χ3n) is 0.679. The van der Waals surface area contributed by atoms with Gasteiger partial charge in [0.2, 0.25) is 0 Å². The van der Waals surface area contributed by atoms with E-state index in [1.165, 1.54) is 0 Å². The second kappa shape index (κ2) is 1.91. The molecule has 0 saturated carbocycles. The summed E-state index contributed by atoms with van der Waals surface area (Å²) >= 11 is 0. The fourth-order valence-corrected chi connectivity index (χ4v) is 0.352. The van der Waals surface area contributed by atoms with Crippen LogP contribution in [0, 0.1) is 6.61 Å². The van der Waals surface area contributed by atoms with Crippen LogP contribution in [0.15, 0.2) is 12.3 Å². The molecule has 0 amide bonds. The van der Waals surface area contributed by atoms with Crippen molar-refractivity contribution in [2.75, 3.05) is 0 Å². The number of halogens is 3. The van der Waals surface area contributed by atoms with Crippen molar-refractivity contribution in [1.29, 1.82) is 0 Å². The molecule has 9 heavy (non-hydrogen) atoms. The first-order valence-corrected chi connectivity index (χ1v) is 2.06. The molecule has 1 heterocycles. The van der Waals surface area contributed by atoms with E-state index >= 15 is 0 Å². The van der Waals surface area contributed by atoms with Gasteiger partial charge in [-0.25, -0.2) is 4.84 Å². The fourth-order valence-electron chi connectivity index (χ4n) is 0.352. The zero-order chi connectivity index (χ0) is 6.91. The van der Waals surface area contributed by atoms with E-state index in [4.69, 9.17) is 0 Å². The van der Waals surface area contributed by atoms with Crippen LogP contribution in [0.4, 0.5) is 13.2 Å². The Morgan fingerprint density at radius 3 is 2.33 bits per heavy atom. The Balaban J connectivity index is 2.53. The lowest BCUT2D eigenvalue weighted by Gasteiger charge is -2.15. The maximum atomic E-state index is 11.5. The molecule has 0 fully saturated rings. The van der Waals surface area contributed by atoms with Crippen LogP contribution < -0.4 is 0 Å². The minimum atomic E-state index is -4.46. The average molecular weight is 137 g/mol. The molecule has 0 aromatic heterocycles. The maximum absolute atomic E-state index is 11.5. The van der Waals surface area contributed by atoms with Gasteiger partial charge in [-0.1, -0.05) is 0 Å². The summed E-state index contributed by atoms with van der Waals surface area (Å²) in [5, 5.41) is -0.243. The SMILES string of the molecule is FC(F)(F)N1C=C[C]O1. The van der Waals surface area contributed by atoms with Gasteiger partial charge in [0.05, 0.1) is 0 Å². The summed E-state index contributed by atoms with van der Waals surface area (Å²) in [5.41, 5.74) is 0. The number of hydrogen-bond acceptors (Lipinski definition) is 2. The summed E-state index contributed by atoms with van der Waals surface area (Å²) in [6.07, 6.45) is -2.69. The van der Waals surface area contributed by atoms with Gasteiger partial charge in [-0.15, -0.1) is 13.2 Å². The van der Waals surface area contributed by atoms with Crippen molar-refractivity contribution in [3.63, 3.8) is 0 Å². The highest BCUT2D eigenvalue weighted by Gasteiger charge is 2.38. The van der Waals surface area contributed by atoms with E-state index in [1.807, 2.05) is 6.61 Å². The van der Waals surface area contributed by atoms with Crippen molar-refractivity contribution in [2.45, 2.75) is 6.30 Å². The summed E-state index contributed by atoms with van der Waals surface area (Å²) in [7, 11) is 0. The first-order valence-electron chi connectivity index (χ1n) is 2.06. The first-order chi connectivity index (χ1) is 4.11. The van der Waals surface area contributed by atoms with Crippen molar-refractivity contribution in [3.05, 3.63) is 18.9 Å². The molecule has 1 aliphatic heterocycles. The van der Waals surface area contributed by atoms with Crippen LogP contribution in [0.3, 0.4) is 0 Å². The monoisotopic (exact) mass is 137 g/mol. The van der Waals surface area contributed by atoms with Crippen LogP contribution in [0.25, 0.3) is 0 Å². The highest BCUT2D eigenvalue weighted by Crippen LogP contribution is 2.24. The molecule has 0 bridgehead atoms. The van der Waals surface area contributed by atoms with Crippen LogP contribution in [0.2, 0.25) is 0 Å². The summed E-state index contributed by atoms with van der Waals surface area (Å²) < 4.78 is 34.4. The Morgan fingerprint density at radius 1 is 1.44 bits per heavy atom. The smallest absolute Gasteiger partial charge is 0.248 e. The predicted molar refractivity (Wildman–Crippen MR) is 21.4 cm³/mol. The third kappa shape index (κ3) is 1.35. The van der Waals surface area contributed by atoms with Gasteiger partial charge in [0.15, 0.2) is 6.61 Å². The molecule has 0 aliphatic carbocycles. The molecule has 2 nitrogen and oxygen atoms in total. The highest BCUT2D eigenvalue weighted by molar-refractivity contribution is 4.92. The highest BCUT2D eigenvalue weighted by atomic mass is 19.4. The number of hydrogen-bond donors (Lipinski definition) is 0. The second-order valence-electron chi connectivity index (χ2n) is 1.32. The van der Waals surface area contributed by atoms with Gasteiger partial charge in [-0.3, -0.25) is 0 Å². The first kappa shape index (κ1) is 6.41. The molecule has 50 valence electrons. The van der Waals surface area contributed by atoms with E-state index in [0.717, 1.165) is 12.3 Å². The Kier molecular flexibility index (Phi) is 1.36.